The summed E-state index contributed by atoms with van der Waals surface area (Å²) < 4.78 is 1.94. The molecule has 4 rings (SSSR count). The third-order valence-electron chi connectivity index (χ3n) is 4.10. The Morgan fingerprint density at radius 1 is 1.31 bits per heavy atom. The Hall–Kier alpha value is -2.91. The maximum Gasteiger partial charge on any atom is 0.264 e. The highest BCUT2D eigenvalue weighted by Gasteiger charge is 2.27. The van der Waals surface area contributed by atoms with Crippen molar-refractivity contribution in [2.75, 3.05) is 5.73 Å². The van der Waals surface area contributed by atoms with Gasteiger partial charge in [0.2, 0.25) is 5.13 Å². The third-order valence-corrected chi connectivity index (χ3v) is 5.98. The van der Waals surface area contributed by atoms with Gasteiger partial charge < -0.3 is 11.1 Å². The van der Waals surface area contributed by atoms with E-state index in [-0.39, 0.29) is 11.3 Å². The first-order chi connectivity index (χ1) is 13.8. The van der Waals surface area contributed by atoms with Gasteiger partial charge in [0.25, 0.3) is 5.91 Å². The number of aromatic nitrogens is 3. The molecule has 3 heterocycles. The maximum atomic E-state index is 12.3. The molecule has 0 saturated carbocycles. The first kappa shape index (κ1) is 19.4. The molecule has 1 saturated heterocycles. The smallest absolute Gasteiger partial charge is 0.264 e. The van der Waals surface area contributed by atoms with E-state index in [2.05, 4.69) is 36.1 Å². The average molecular weight is 425 g/mol. The third kappa shape index (κ3) is 4.25. The van der Waals surface area contributed by atoms with Crippen LogP contribution in [0.15, 0.2) is 52.9 Å². The number of rotatable bonds is 3. The van der Waals surface area contributed by atoms with E-state index < -0.39 is 0 Å². The summed E-state index contributed by atoms with van der Waals surface area (Å²) in [5.41, 5.74) is 8.12. The van der Waals surface area contributed by atoms with Crippen LogP contribution in [0, 0.1) is 0 Å². The summed E-state index contributed by atoms with van der Waals surface area (Å²) in [7, 11) is 0. The Morgan fingerprint density at radius 2 is 2.14 bits per heavy atom. The van der Waals surface area contributed by atoms with E-state index >= 15 is 0 Å². The second-order valence-corrected chi connectivity index (χ2v) is 9.51. The number of aliphatic imine (C=N–C) groups is 1. The molecule has 1 amide bonds. The minimum absolute atomic E-state index is 0.154. The summed E-state index contributed by atoms with van der Waals surface area (Å²) in [5.74, 6) is -0.182. The van der Waals surface area contributed by atoms with Crippen molar-refractivity contribution in [2.24, 2.45) is 4.99 Å². The van der Waals surface area contributed by atoms with Crippen LogP contribution in [0.25, 0.3) is 11.1 Å². The monoisotopic (exact) mass is 424 g/mol. The Morgan fingerprint density at radius 3 is 2.83 bits per heavy atom. The van der Waals surface area contributed by atoms with Gasteiger partial charge in [-0.15, -0.1) is 0 Å². The molecule has 7 nitrogen and oxygen atoms in total. The molecule has 0 bridgehead atoms. The number of carbonyl (C=O) groups is 1. The minimum atomic E-state index is -0.182. The Balaban J connectivity index is 1.64. The summed E-state index contributed by atoms with van der Waals surface area (Å²) in [6, 6.07) is 7.39. The van der Waals surface area contributed by atoms with Crippen LogP contribution in [0.4, 0.5) is 10.8 Å². The van der Waals surface area contributed by atoms with Crippen molar-refractivity contribution >= 4 is 51.1 Å². The molecule has 0 atom stereocenters. The number of nitrogens with zero attached hydrogens (tertiary/aromatic N) is 4. The highest BCUT2D eigenvalue weighted by atomic mass is 32.2. The molecular formula is C20H20N6OS2. The fraction of sp³-hybridized carbons (Fsp3) is 0.200. The molecule has 0 aliphatic carbocycles. The highest BCUT2D eigenvalue weighted by Crippen LogP contribution is 2.37. The summed E-state index contributed by atoms with van der Waals surface area (Å²) in [6.45, 7) is 6.33. The van der Waals surface area contributed by atoms with Crippen molar-refractivity contribution in [3.8, 4) is 5.00 Å². The molecule has 1 aliphatic rings. The minimum Gasteiger partial charge on any atom is -0.399 e. The van der Waals surface area contributed by atoms with E-state index in [0.717, 1.165) is 16.3 Å². The van der Waals surface area contributed by atoms with Gasteiger partial charge in [0.05, 0.1) is 16.9 Å². The number of hydrogen-bond donors (Lipinski definition) is 2. The van der Waals surface area contributed by atoms with Gasteiger partial charge in [-0.1, -0.05) is 44.2 Å². The molecular weight excluding hydrogens is 404 g/mol. The fourth-order valence-electron chi connectivity index (χ4n) is 2.76. The number of amidine groups is 1. The van der Waals surface area contributed by atoms with E-state index in [1.165, 1.54) is 23.1 Å². The Bertz CT molecular complexity index is 1120. The zero-order valence-corrected chi connectivity index (χ0v) is 17.8. The number of imidazole rings is 1. The standard InChI is InChI=1S/C20H20N6OS2/c1-20(2,3)15-17(26-8-7-22-11-26)29-18(23-15)25-19-24-16(27)14(28-19)10-12-5-4-6-13(21)9-12/h4-11H,21H2,1-3H3,(H,23,24,25,27)/b14-10-. The second kappa shape index (κ2) is 7.49. The molecule has 3 aromatic rings. The predicted molar refractivity (Wildman–Crippen MR) is 120 cm³/mol. The fourth-order valence-corrected chi connectivity index (χ4v) is 4.75. The molecule has 0 radical (unpaired) electrons. The van der Waals surface area contributed by atoms with Crippen LogP contribution < -0.4 is 11.1 Å². The van der Waals surface area contributed by atoms with Gasteiger partial charge >= 0.3 is 0 Å². The molecule has 148 valence electrons. The van der Waals surface area contributed by atoms with Gasteiger partial charge in [-0.2, -0.15) is 4.99 Å². The lowest BCUT2D eigenvalue weighted by Crippen LogP contribution is -2.19. The number of hydrogen-bond acceptors (Lipinski definition) is 7. The lowest BCUT2D eigenvalue weighted by molar-refractivity contribution is -0.115. The molecule has 3 N–H and O–H groups in total. The lowest BCUT2D eigenvalue weighted by Gasteiger charge is -2.17. The molecule has 1 fully saturated rings. The van der Waals surface area contributed by atoms with Crippen LogP contribution >= 0.6 is 23.1 Å². The number of anilines is 1. The molecule has 9 heteroatoms. The number of amides is 1. The summed E-state index contributed by atoms with van der Waals surface area (Å²) in [4.78, 5) is 26.3. The van der Waals surface area contributed by atoms with Crippen molar-refractivity contribution < 1.29 is 4.79 Å². The van der Waals surface area contributed by atoms with Crippen LogP contribution in [0.1, 0.15) is 32.0 Å². The molecule has 29 heavy (non-hydrogen) atoms. The molecule has 1 aromatic carbocycles. The summed E-state index contributed by atoms with van der Waals surface area (Å²) >= 11 is 2.75. The van der Waals surface area contributed by atoms with E-state index in [0.29, 0.717) is 20.9 Å². The number of nitrogen functional groups attached to an aromatic ring is 1. The first-order valence-corrected chi connectivity index (χ1v) is 10.6. The predicted octanol–water partition coefficient (Wildman–Crippen LogP) is 4.10. The van der Waals surface area contributed by atoms with Crippen molar-refractivity contribution in [3.05, 3.63) is 59.1 Å². The maximum absolute atomic E-state index is 12.3. The van der Waals surface area contributed by atoms with Crippen LogP contribution in [0.2, 0.25) is 0 Å². The molecule has 1 aliphatic heterocycles. The van der Waals surface area contributed by atoms with Crippen molar-refractivity contribution in [2.45, 2.75) is 26.2 Å². The largest absolute Gasteiger partial charge is 0.399 e. The number of thiazole rings is 1. The highest BCUT2D eigenvalue weighted by molar-refractivity contribution is 8.18. The van der Waals surface area contributed by atoms with Crippen LogP contribution in [0.3, 0.4) is 0 Å². The van der Waals surface area contributed by atoms with Crippen LogP contribution in [-0.4, -0.2) is 25.6 Å². The van der Waals surface area contributed by atoms with Gasteiger partial charge in [0, 0.05) is 23.5 Å². The zero-order valence-electron chi connectivity index (χ0n) is 16.2. The van der Waals surface area contributed by atoms with Gasteiger partial charge in [0.15, 0.2) is 5.17 Å². The summed E-state index contributed by atoms with van der Waals surface area (Å²) in [6.07, 6.45) is 7.17. The number of carbonyl (C=O) groups excluding carboxylic acids is 1. The van der Waals surface area contributed by atoms with E-state index in [9.17, 15) is 4.79 Å². The SMILES string of the molecule is CC(C)(C)c1nc(/N=C2\NC(=O)/C(=C/c3cccc(N)c3)S2)sc1-n1ccnc1. The number of benzene rings is 1. The van der Waals surface area contributed by atoms with Crippen LogP contribution in [0.5, 0.6) is 0 Å². The Kier molecular flexibility index (Phi) is 5.01. The van der Waals surface area contributed by atoms with E-state index in [4.69, 9.17) is 10.7 Å². The van der Waals surface area contributed by atoms with Crippen molar-refractivity contribution in [1.29, 1.82) is 0 Å². The molecule has 0 spiro atoms. The molecule has 2 aromatic heterocycles. The quantitative estimate of drug-likeness (QED) is 0.487. The first-order valence-electron chi connectivity index (χ1n) is 8.94. The van der Waals surface area contributed by atoms with Gasteiger partial charge in [-0.25, -0.2) is 9.97 Å². The van der Waals surface area contributed by atoms with Gasteiger partial charge in [-0.3, -0.25) is 9.36 Å². The van der Waals surface area contributed by atoms with E-state index in [1.54, 1.807) is 18.6 Å². The Labute approximate surface area is 176 Å². The average Bonchev–Trinajstić information content (AvgIpc) is 3.35. The molecule has 0 unspecified atom stereocenters. The number of nitrogens with two attached hydrogens (primary N) is 1. The normalized spacial score (nSPS) is 17.3. The van der Waals surface area contributed by atoms with Crippen LogP contribution in [-0.2, 0) is 10.2 Å². The van der Waals surface area contributed by atoms with Crippen molar-refractivity contribution in [3.63, 3.8) is 0 Å². The second-order valence-electron chi connectivity index (χ2n) is 7.52. The van der Waals surface area contributed by atoms with E-state index in [1.807, 2.05) is 35.0 Å². The number of nitrogens with one attached hydrogen (secondary N) is 1. The lowest BCUT2D eigenvalue weighted by atomic mass is 9.92. The number of thioether (sulfide) groups is 1. The zero-order chi connectivity index (χ0) is 20.6. The topological polar surface area (TPSA) is 98.2 Å². The summed E-state index contributed by atoms with van der Waals surface area (Å²) in [5, 5.41) is 4.88. The van der Waals surface area contributed by atoms with Gasteiger partial charge in [-0.05, 0) is 35.5 Å². The van der Waals surface area contributed by atoms with Gasteiger partial charge in [0.1, 0.15) is 5.00 Å². The van der Waals surface area contributed by atoms with Crippen molar-refractivity contribution in [1.82, 2.24) is 19.9 Å².